The molecule has 0 amide bonds. The van der Waals surface area contributed by atoms with E-state index in [1.807, 2.05) is 18.3 Å². The average Bonchev–Trinajstić information content (AvgIpc) is 2.89. The first-order chi connectivity index (χ1) is 17.4. The molecule has 0 radical (unpaired) electrons. The number of pyridine rings is 1. The van der Waals surface area contributed by atoms with Crippen LogP contribution in [-0.4, -0.2) is 53.1 Å². The van der Waals surface area contributed by atoms with Crippen LogP contribution in [0.2, 0.25) is 10.0 Å². The minimum absolute atomic E-state index is 0.101. The summed E-state index contributed by atoms with van der Waals surface area (Å²) in [6, 6.07) is 18.3. The largest absolute Gasteiger partial charge is 0.505 e. The first-order valence-electron chi connectivity index (χ1n) is 12.3. The maximum atomic E-state index is 9.96. The number of aryl methyl sites for hydroxylation is 1. The maximum Gasteiger partial charge on any atom is 0.152 e. The summed E-state index contributed by atoms with van der Waals surface area (Å²) >= 11 is 12.4. The predicted octanol–water partition coefficient (Wildman–Crippen LogP) is 6.97. The number of benzene rings is 3. The molecule has 0 saturated carbocycles. The van der Waals surface area contributed by atoms with Gasteiger partial charge in [0, 0.05) is 50.0 Å². The number of aromatic hydroxyl groups is 1. The Labute approximate surface area is 222 Å². The summed E-state index contributed by atoms with van der Waals surface area (Å²) in [5.74, 6) is -0.101. The van der Waals surface area contributed by atoms with Gasteiger partial charge in [0.25, 0.3) is 0 Å². The standard InChI is InChI=1S/C29H30Cl2N4O/c1-3-20-17-32-27-9-6-21(22-15-25(30)29(36)26(31)16-22)14-24(27)28(20)33-23-7-4-19(5-8-23)18-35-12-10-34(2)11-13-35/h4-9,14-17,36H,3,10-13,18H2,1-2H3,(H,32,33). The second-order valence-corrected chi connectivity index (χ2v) is 10.2. The van der Waals surface area contributed by atoms with E-state index in [4.69, 9.17) is 23.2 Å². The van der Waals surface area contributed by atoms with E-state index in [9.17, 15) is 5.11 Å². The van der Waals surface area contributed by atoms with Crippen molar-refractivity contribution in [3.05, 3.63) is 82.0 Å². The number of nitrogens with one attached hydrogen (secondary N) is 1. The van der Waals surface area contributed by atoms with Crippen LogP contribution in [-0.2, 0) is 13.0 Å². The number of likely N-dealkylation sites (N-methyl/N-ethyl adjacent to an activating group) is 1. The molecule has 1 aromatic heterocycles. The molecule has 186 valence electrons. The van der Waals surface area contributed by atoms with Crippen LogP contribution in [0.3, 0.4) is 0 Å². The van der Waals surface area contributed by atoms with Crippen molar-refractivity contribution in [3.63, 3.8) is 0 Å². The molecule has 3 aromatic carbocycles. The van der Waals surface area contributed by atoms with Crippen molar-refractivity contribution in [2.75, 3.05) is 38.5 Å². The van der Waals surface area contributed by atoms with Gasteiger partial charge in [-0.3, -0.25) is 9.88 Å². The first-order valence-corrected chi connectivity index (χ1v) is 13.0. The number of aromatic nitrogens is 1. The Balaban J connectivity index is 1.44. The van der Waals surface area contributed by atoms with Crippen molar-refractivity contribution in [2.45, 2.75) is 19.9 Å². The normalized spacial score (nSPS) is 14.9. The van der Waals surface area contributed by atoms with Crippen molar-refractivity contribution in [1.29, 1.82) is 0 Å². The van der Waals surface area contributed by atoms with Crippen LogP contribution in [0.25, 0.3) is 22.0 Å². The average molecular weight is 521 g/mol. The van der Waals surface area contributed by atoms with Gasteiger partial charge >= 0.3 is 0 Å². The number of piperazine rings is 1. The van der Waals surface area contributed by atoms with Crippen LogP contribution >= 0.6 is 23.2 Å². The van der Waals surface area contributed by atoms with E-state index < -0.39 is 0 Å². The van der Waals surface area contributed by atoms with E-state index in [-0.39, 0.29) is 15.8 Å². The Hall–Kier alpha value is -2.83. The molecule has 1 aliphatic rings. The molecule has 0 aliphatic carbocycles. The van der Waals surface area contributed by atoms with E-state index in [1.165, 1.54) is 5.56 Å². The molecule has 1 fully saturated rings. The number of nitrogens with zero attached hydrogens (tertiary/aromatic N) is 3. The van der Waals surface area contributed by atoms with Crippen molar-refractivity contribution in [1.82, 2.24) is 14.8 Å². The molecule has 4 aromatic rings. The zero-order valence-electron chi connectivity index (χ0n) is 20.6. The SMILES string of the molecule is CCc1cnc2ccc(-c3cc(Cl)c(O)c(Cl)c3)cc2c1Nc1ccc(CN2CCN(C)CC2)cc1. The van der Waals surface area contributed by atoms with E-state index >= 15 is 0 Å². The fourth-order valence-corrected chi connectivity index (χ4v) is 5.15. The molecule has 36 heavy (non-hydrogen) atoms. The Morgan fingerprint density at radius 1 is 0.917 bits per heavy atom. The lowest BCUT2D eigenvalue weighted by Gasteiger charge is -2.32. The van der Waals surface area contributed by atoms with Crippen LogP contribution in [0.4, 0.5) is 11.4 Å². The number of fused-ring (bicyclic) bond motifs is 1. The number of phenolic OH excluding ortho intramolecular Hbond substituents is 1. The zero-order valence-corrected chi connectivity index (χ0v) is 22.1. The van der Waals surface area contributed by atoms with Crippen LogP contribution < -0.4 is 5.32 Å². The highest BCUT2D eigenvalue weighted by atomic mass is 35.5. The lowest BCUT2D eigenvalue weighted by molar-refractivity contribution is 0.148. The second-order valence-electron chi connectivity index (χ2n) is 9.43. The minimum atomic E-state index is -0.101. The van der Waals surface area contributed by atoms with E-state index in [0.29, 0.717) is 0 Å². The topological polar surface area (TPSA) is 51.6 Å². The zero-order chi connectivity index (χ0) is 25.2. The summed E-state index contributed by atoms with van der Waals surface area (Å²) in [5, 5.41) is 15.1. The quantitative estimate of drug-likeness (QED) is 0.287. The van der Waals surface area contributed by atoms with E-state index in [1.54, 1.807) is 12.1 Å². The van der Waals surface area contributed by atoms with Crippen LogP contribution in [0.5, 0.6) is 5.75 Å². The Morgan fingerprint density at radius 2 is 1.61 bits per heavy atom. The van der Waals surface area contributed by atoms with Gasteiger partial charge in [-0.05, 0) is 72.1 Å². The third kappa shape index (κ3) is 5.30. The number of hydrogen-bond donors (Lipinski definition) is 2. The minimum Gasteiger partial charge on any atom is -0.505 e. The van der Waals surface area contributed by atoms with Gasteiger partial charge in [-0.1, -0.05) is 48.3 Å². The second kappa shape index (κ2) is 10.7. The molecular weight excluding hydrogens is 491 g/mol. The number of anilines is 2. The van der Waals surface area contributed by atoms with Crippen LogP contribution in [0, 0.1) is 0 Å². The molecule has 5 rings (SSSR count). The van der Waals surface area contributed by atoms with Gasteiger partial charge in [0.2, 0.25) is 0 Å². The molecule has 1 aliphatic heterocycles. The highest BCUT2D eigenvalue weighted by Crippen LogP contribution is 2.38. The van der Waals surface area contributed by atoms with Gasteiger partial charge in [0.1, 0.15) is 0 Å². The Kier molecular flexibility index (Phi) is 7.35. The monoisotopic (exact) mass is 520 g/mol. The fraction of sp³-hybridized carbons (Fsp3) is 0.276. The van der Waals surface area contributed by atoms with Crippen molar-refractivity contribution in [2.24, 2.45) is 0 Å². The smallest absolute Gasteiger partial charge is 0.152 e. The lowest BCUT2D eigenvalue weighted by Crippen LogP contribution is -2.43. The van der Waals surface area contributed by atoms with Gasteiger partial charge in [0.05, 0.1) is 21.2 Å². The first kappa shape index (κ1) is 24.8. The number of rotatable bonds is 6. The van der Waals surface area contributed by atoms with Gasteiger partial charge in [0.15, 0.2) is 5.75 Å². The molecule has 7 heteroatoms. The summed E-state index contributed by atoms with van der Waals surface area (Å²) in [4.78, 5) is 9.57. The highest BCUT2D eigenvalue weighted by molar-refractivity contribution is 6.37. The summed E-state index contributed by atoms with van der Waals surface area (Å²) in [6.45, 7) is 7.58. The molecule has 0 unspecified atom stereocenters. The number of phenols is 1. The fourth-order valence-electron chi connectivity index (χ4n) is 4.66. The summed E-state index contributed by atoms with van der Waals surface area (Å²) in [5.41, 5.74) is 7.25. The van der Waals surface area contributed by atoms with Crippen molar-refractivity contribution < 1.29 is 5.11 Å². The Morgan fingerprint density at radius 3 is 2.28 bits per heavy atom. The molecule has 0 spiro atoms. The van der Waals surface area contributed by atoms with Gasteiger partial charge in [-0.25, -0.2) is 0 Å². The molecular formula is C29H30Cl2N4O. The molecule has 2 heterocycles. The molecule has 0 atom stereocenters. The molecule has 2 N–H and O–H groups in total. The van der Waals surface area contributed by atoms with E-state index in [0.717, 1.165) is 78.1 Å². The van der Waals surface area contributed by atoms with Gasteiger partial charge in [-0.15, -0.1) is 0 Å². The Bertz CT molecular complexity index is 1360. The molecule has 0 bridgehead atoms. The number of hydrogen-bond acceptors (Lipinski definition) is 5. The van der Waals surface area contributed by atoms with E-state index in [2.05, 4.69) is 64.4 Å². The maximum absolute atomic E-state index is 9.96. The summed E-state index contributed by atoms with van der Waals surface area (Å²) in [7, 11) is 2.18. The molecule has 1 saturated heterocycles. The van der Waals surface area contributed by atoms with Crippen molar-refractivity contribution in [3.8, 4) is 16.9 Å². The highest BCUT2D eigenvalue weighted by Gasteiger charge is 2.15. The van der Waals surface area contributed by atoms with Crippen LogP contribution in [0.15, 0.2) is 60.8 Å². The predicted molar refractivity (Wildman–Crippen MR) is 151 cm³/mol. The van der Waals surface area contributed by atoms with Crippen molar-refractivity contribution >= 4 is 45.5 Å². The number of halogens is 2. The summed E-state index contributed by atoms with van der Waals surface area (Å²) in [6.07, 6.45) is 2.80. The van der Waals surface area contributed by atoms with Gasteiger partial charge < -0.3 is 15.3 Å². The third-order valence-corrected chi connectivity index (χ3v) is 7.48. The lowest BCUT2D eigenvalue weighted by atomic mass is 10.00. The van der Waals surface area contributed by atoms with Gasteiger partial charge in [-0.2, -0.15) is 0 Å². The summed E-state index contributed by atoms with van der Waals surface area (Å²) < 4.78 is 0. The van der Waals surface area contributed by atoms with Crippen LogP contribution in [0.1, 0.15) is 18.1 Å². The third-order valence-electron chi connectivity index (χ3n) is 6.90. The molecule has 5 nitrogen and oxygen atoms in total.